The molecule has 0 saturated carbocycles. The van der Waals surface area contributed by atoms with Crippen LogP contribution in [-0.2, 0) is 19.2 Å². The predicted molar refractivity (Wildman–Crippen MR) is 223 cm³/mol. The Kier molecular flexibility index (Phi) is 17.5. The SMILES string of the molecule is Cc1ccc(F)c(NC(=O)Nc2ccc(-c3cccc4c3c(N)nn4C(=O)CCCCCCCCCCCCC(=O)C[C@H](N)C(=O)N[C@@H](CCC(=O)O)C(=O)O)cc2)c1. The maximum atomic E-state index is 14.1. The van der Waals surface area contributed by atoms with E-state index in [1.807, 2.05) is 30.3 Å². The molecule has 1 aromatic heterocycles. The van der Waals surface area contributed by atoms with E-state index in [1.165, 1.54) is 10.7 Å². The monoisotopic (exact) mass is 815 g/mol. The number of hydrogen-bond acceptors (Lipinski definition) is 9. The van der Waals surface area contributed by atoms with Crippen LogP contribution in [0.15, 0.2) is 60.7 Å². The van der Waals surface area contributed by atoms with Gasteiger partial charge in [0.2, 0.25) is 11.8 Å². The molecule has 0 saturated heterocycles. The second kappa shape index (κ2) is 22.7. The third kappa shape index (κ3) is 14.3. The molecule has 0 aliphatic carbocycles. The van der Waals surface area contributed by atoms with Gasteiger partial charge in [-0.2, -0.15) is 4.68 Å². The number of nitrogens with two attached hydrogens (primary N) is 2. The average molecular weight is 816 g/mol. The Morgan fingerprint density at radius 2 is 1.42 bits per heavy atom. The number of halogens is 1. The highest BCUT2D eigenvalue weighted by Crippen LogP contribution is 2.33. The zero-order valence-corrected chi connectivity index (χ0v) is 33.3. The van der Waals surface area contributed by atoms with Gasteiger partial charge < -0.3 is 37.6 Å². The largest absolute Gasteiger partial charge is 0.481 e. The lowest BCUT2D eigenvalue weighted by molar-refractivity contribution is -0.143. The summed E-state index contributed by atoms with van der Waals surface area (Å²) in [6.07, 6.45) is 9.05. The molecule has 3 amide bonds. The van der Waals surface area contributed by atoms with Crippen LogP contribution < -0.4 is 27.4 Å². The summed E-state index contributed by atoms with van der Waals surface area (Å²) in [7, 11) is 0. The molecule has 59 heavy (non-hydrogen) atoms. The van der Waals surface area contributed by atoms with E-state index in [4.69, 9.17) is 16.6 Å². The molecule has 0 unspecified atom stereocenters. The van der Waals surface area contributed by atoms with Crippen molar-refractivity contribution in [3.63, 3.8) is 0 Å². The molecule has 0 bridgehead atoms. The van der Waals surface area contributed by atoms with Gasteiger partial charge in [0.05, 0.1) is 22.6 Å². The van der Waals surface area contributed by atoms with Crippen molar-refractivity contribution in [1.29, 1.82) is 0 Å². The van der Waals surface area contributed by atoms with Crippen LogP contribution in [0.1, 0.15) is 107 Å². The summed E-state index contributed by atoms with van der Waals surface area (Å²) in [5.41, 5.74) is 15.7. The molecular formula is C43H54FN7O8. The number of nitrogens with one attached hydrogen (secondary N) is 3. The standard InChI is InChI=1S/C43H54FN7O8/c1-27-17-22-32(44)35(25-27)49-43(59)47-29-20-18-28(19-21-29)31-14-12-15-36-39(31)40(46)50-51(36)37(53)16-11-9-7-5-3-2-4-6-8-10-13-30(52)26-33(45)41(56)48-34(42(57)58)23-24-38(54)55/h12,14-15,17-22,25,33-34H,2-11,13,16,23-24,26,45H2,1H3,(H2,46,50)(H,48,56)(H,54,55)(H,57,58)(H2,47,49,59)/t33-,34-/m0/s1. The van der Waals surface area contributed by atoms with Gasteiger partial charge >= 0.3 is 18.0 Å². The number of carbonyl (C=O) groups is 6. The molecule has 2 atom stereocenters. The number of hydrogen-bond donors (Lipinski definition) is 7. The maximum Gasteiger partial charge on any atom is 0.326 e. The van der Waals surface area contributed by atoms with E-state index >= 15 is 0 Å². The first-order chi connectivity index (χ1) is 28.2. The summed E-state index contributed by atoms with van der Waals surface area (Å²) >= 11 is 0. The first-order valence-corrected chi connectivity index (χ1v) is 20.0. The number of carbonyl (C=O) groups excluding carboxylic acids is 4. The van der Waals surface area contributed by atoms with Crippen molar-refractivity contribution in [2.75, 3.05) is 16.4 Å². The van der Waals surface area contributed by atoms with E-state index < -0.39 is 48.2 Å². The topological polar surface area (TPSA) is 249 Å². The van der Waals surface area contributed by atoms with Gasteiger partial charge in [0.25, 0.3) is 0 Å². The fourth-order valence-corrected chi connectivity index (χ4v) is 6.74. The van der Waals surface area contributed by atoms with Gasteiger partial charge in [-0.25, -0.2) is 14.0 Å². The Bertz CT molecular complexity index is 2100. The number of unbranched alkanes of at least 4 members (excludes halogenated alkanes) is 9. The van der Waals surface area contributed by atoms with E-state index in [0.717, 1.165) is 74.5 Å². The van der Waals surface area contributed by atoms with Gasteiger partial charge in [0.15, 0.2) is 5.82 Å². The summed E-state index contributed by atoms with van der Waals surface area (Å²) in [6, 6.07) is 14.0. The molecule has 0 aliphatic rings. The minimum atomic E-state index is -1.39. The molecule has 9 N–H and O–H groups in total. The number of carboxylic acids is 2. The molecule has 15 nitrogen and oxygen atoms in total. The van der Waals surface area contributed by atoms with E-state index in [-0.39, 0.29) is 42.5 Å². The van der Waals surface area contributed by atoms with Gasteiger partial charge in [-0.05, 0) is 73.2 Å². The van der Waals surface area contributed by atoms with Crippen LogP contribution in [0.25, 0.3) is 22.0 Å². The van der Waals surface area contributed by atoms with Crippen LogP contribution >= 0.6 is 0 Å². The molecular weight excluding hydrogens is 762 g/mol. The summed E-state index contributed by atoms with van der Waals surface area (Å²) < 4.78 is 15.5. The van der Waals surface area contributed by atoms with E-state index in [2.05, 4.69) is 21.0 Å². The Balaban J connectivity index is 1.10. The number of fused-ring (bicyclic) bond motifs is 1. The van der Waals surface area contributed by atoms with Crippen molar-refractivity contribution in [1.82, 2.24) is 15.1 Å². The number of amides is 3. The molecule has 4 aromatic rings. The number of anilines is 3. The molecule has 0 fully saturated rings. The number of urea groups is 1. The Hall–Kier alpha value is -6.16. The lowest BCUT2D eigenvalue weighted by atomic mass is 10.0. The molecule has 0 spiro atoms. The number of aromatic nitrogens is 2. The van der Waals surface area contributed by atoms with Crippen LogP contribution in [0.4, 0.5) is 26.4 Å². The Labute approximate surface area is 342 Å². The van der Waals surface area contributed by atoms with Gasteiger partial charge in [-0.1, -0.05) is 81.7 Å². The van der Waals surface area contributed by atoms with Gasteiger partial charge in [-0.15, -0.1) is 5.10 Å². The van der Waals surface area contributed by atoms with Crippen molar-refractivity contribution in [2.24, 2.45) is 5.73 Å². The Morgan fingerprint density at radius 3 is 2.05 bits per heavy atom. The summed E-state index contributed by atoms with van der Waals surface area (Å²) in [5, 5.41) is 30.4. The van der Waals surface area contributed by atoms with Crippen molar-refractivity contribution in [3.05, 3.63) is 72.0 Å². The number of benzene rings is 3. The van der Waals surface area contributed by atoms with Crippen molar-refractivity contribution >= 4 is 63.7 Å². The van der Waals surface area contributed by atoms with Crippen LogP contribution in [0.3, 0.4) is 0 Å². The molecule has 3 aromatic carbocycles. The predicted octanol–water partition coefficient (Wildman–Crippen LogP) is 7.42. The molecule has 316 valence electrons. The van der Waals surface area contributed by atoms with Crippen LogP contribution in [0.2, 0.25) is 0 Å². The fraction of sp³-hybridized carbons (Fsp3) is 0.419. The first kappa shape index (κ1) is 45.5. The van der Waals surface area contributed by atoms with Crippen LogP contribution in [-0.4, -0.2) is 67.6 Å². The minimum Gasteiger partial charge on any atom is -0.481 e. The average Bonchev–Trinajstić information content (AvgIpc) is 3.54. The van der Waals surface area contributed by atoms with E-state index in [9.17, 15) is 38.3 Å². The summed E-state index contributed by atoms with van der Waals surface area (Å²) in [5.74, 6) is -3.95. The maximum absolute atomic E-state index is 14.1. The highest BCUT2D eigenvalue weighted by Gasteiger charge is 2.25. The first-order valence-electron chi connectivity index (χ1n) is 20.0. The molecule has 0 radical (unpaired) electrons. The second-order valence-corrected chi connectivity index (χ2v) is 14.7. The number of aryl methyl sites for hydroxylation is 1. The second-order valence-electron chi connectivity index (χ2n) is 14.7. The number of nitrogen functional groups attached to an aromatic ring is 1. The van der Waals surface area contributed by atoms with Gasteiger partial charge in [0.1, 0.15) is 17.6 Å². The van der Waals surface area contributed by atoms with Crippen molar-refractivity contribution in [3.8, 4) is 11.1 Å². The quantitative estimate of drug-likeness (QED) is 0.0343. The lowest BCUT2D eigenvalue weighted by Gasteiger charge is -2.17. The molecule has 0 aliphatic heterocycles. The van der Waals surface area contributed by atoms with Crippen molar-refractivity contribution < 1.29 is 43.4 Å². The third-order valence-electron chi connectivity index (χ3n) is 9.94. The number of carboxylic acid groups (broad SMARTS) is 2. The van der Waals surface area contributed by atoms with Gasteiger partial charge in [0, 0.05) is 31.4 Å². The number of ketones is 1. The van der Waals surface area contributed by atoms with E-state index in [1.54, 1.807) is 31.2 Å². The van der Waals surface area contributed by atoms with Crippen LogP contribution in [0, 0.1) is 12.7 Å². The number of nitrogens with zero attached hydrogens (tertiary/aromatic N) is 2. The molecule has 16 heteroatoms. The zero-order chi connectivity index (χ0) is 42.9. The highest BCUT2D eigenvalue weighted by molar-refractivity contribution is 6.05. The van der Waals surface area contributed by atoms with Gasteiger partial charge in [-0.3, -0.25) is 19.2 Å². The normalized spacial score (nSPS) is 12.1. The number of aliphatic carboxylic acids is 2. The number of rotatable bonds is 24. The number of Topliss-reactive ketones (excluding diaryl/α,β-unsaturated/α-hetero) is 1. The molecule has 4 rings (SSSR count). The van der Waals surface area contributed by atoms with Crippen molar-refractivity contribution in [2.45, 2.75) is 115 Å². The fourth-order valence-electron chi connectivity index (χ4n) is 6.74. The Morgan fingerprint density at radius 1 is 0.797 bits per heavy atom. The highest BCUT2D eigenvalue weighted by atomic mass is 19.1. The third-order valence-corrected chi connectivity index (χ3v) is 9.94. The lowest BCUT2D eigenvalue weighted by Crippen LogP contribution is -2.49. The van der Waals surface area contributed by atoms with E-state index in [0.29, 0.717) is 29.4 Å². The summed E-state index contributed by atoms with van der Waals surface area (Å²) in [4.78, 5) is 72.2. The smallest absolute Gasteiger partial charge is 0.326 e. The molecule has 1 heterocycles. The van der Waals surface area contributed by atoms with Crippen LogP contribution in [0.5, 0.6) is 0 Å². The minimum absolute atomic E-state index is 0.0851. The zero-order valence-electron chi connectivity index (χ0n) is 33.3. The summed E-state index contributed by atoms with van der Waals surface area (Å²) in [6.45, 7) is 1.81.